The van der Waals surface area contributed by atoms with Gasteiger partial charge >= 0.3 is 0 Å². The number of nitrogens with one attached hydrogen (secondary N) is 1. The SMILES string of the molecule is Cc1ccc(Br)cc1NS(=O)(=O)CCN. The van der Waals surface area contributed by atoms with Gasteiger partial charge < -0.3 is 5.73 Å². The van der Waals surface area contributed by atoms with Crippen LogP contribution in [0.2, 0.25) is 0 Å². The smallest absolute Gasteiger partial charge is 0.233 e. The molecule has 0 aliphatic rings. The van der Waals surface area contributed by atoms with Gasteiger partial charge in [0, 0.05) is 11.0 Å². The molecular formula is C9H13BrN2O2S. The van der Waals surface area contributed by atoms with Crippen molar-refractivity contribution in [3.8, 4) is 0 Å². The largest absolute Gasteiger partial charge is 0.329 e. The average Bonchev–Trinajstić information content (AvgIpc) is 2.10. The van der Waals surface area contributed by atoms with E-state index in [-0.39, 0.29) is 12.3 Å². The Bertz CT molecular complexity index is 445. The van der Waals surface area contributed by atoms with Crippen LogP contribution in [0.1, 0.15) is 5.56 Å². The fourth-order valence-corrected chi connectivity index (χ4v) is 2.41. The Kier molecular flexibility index (Phi) is 4.12. The van der Waals surface area contributed by atoms with Crippen LogP contribution < -0.4 is 10.5 Å². The molecule has 0 radical (unpaired) electrons. The van der Waals surface area contributed by atoms with E-state index in [9.17, 15) is 8.42 Å². The molecule has 0 bridgehead atoms. The van der Waals surface area contributed by atoms with Crippen molar-refractivity contribution in [3.05, 3.63) is 28.2 Å². The maximum Gasteiger partial charge on any atom is 0.233 e. The summed E-state index contributed by atoms with van der Waals surface area (Å²) in [4.78, 5) is 0. The van der Waals surface area contributed by atoms with E-state index >= 15 is 0 Å². The van der Waals surface area contributed by atoms with Crippen LogP contribution in [0.3, 0.4) is 0 Å². The number of benzene rings is 1. The van der Waals surface area contributed by atoms with Crippen molar-refractivity contribution in [2.75, 3.05) is 17.0 Å². The zero-order valence-electron chi connectivity index (χ0n) is 8.33. The van der Waals surface area contributed by atoms with Gasteiger partial charge in [0.25, 0.3) is 0 Å². The highest BCUT2D eigenvalue weighted by atomic mass is 79.9. The first kappa shape index (κ1) is 12.5. The summed E-state index contributed by atoms with van der Waals surface area (Å²) >= 11 is 3.28. The minimum atomic E-state index is -3.32. The first-order chi connectivity index (χ1) is 6.94. The van der Waals surface area contributed by atoms with Crippen LogP contribution in [0, 0.1) is 6.92 Å². The van der Waals surface area contributed by atoms with Gasteiger partial charge in [-0.15, -0.1) is 0 Å². The molecule has 0 aliphatic heterocycles. The van der Waals surface area contributed by atoms with Crippen LogP contribution in [-0.2, 0) is 10.0 Å². The van der Waals surface area contributed by atoms with Gasteiger partial charge in [-0.05, 0) is 24.6 Å². The number of sulfonamides is 1. The lowest BCUT2D eigenvalue weighted by molar-refractivity contribution is 0.601. The lowest BCUT2D eigenvalue weighted by Crippen LogP contribution is -2.22. The Hall–Kier alpha value is -0.590. The maximum atomic E-state index is 11.5. The van der Waals surface area contributed by atoms with E-state index in [0.29, 0.717) is 5.69 Å². The summed E-state index contributed by atoms with van der Waals surface area (Å²) in [7, 11) is -3.32. The molecule has 15 heavy (non-hydrogen) atoms. The monoisotopic (exact) mass is 292 g/mol. The Morgan fingerprint density at radius 2 is 2.13 bits per heavy atom. The van der Waals surface area contributed by atoms with Crippen LogP contribution >= 0.6 is 15.9 Å². The van der Waals surface area contributed by atoms with E-state index in [1.54, 1.807) is 6.07 Å². The van der Waals surface area contributed by atoms with Crippen molar-refractivity contribution in [2.24, 2.45) is 5.73 Å². The fraction of sp³-hybridized carbons (Fsp3) is 0.333. The summed E-state index contributed by atoms with van der Waals surface area (Å²) in [5.74, 6) is -0.0705. The second-order valence-corrected chi connectivity index (χ2v) is 5.93. The van der Waals surface area contributed by atoms with E-state index in [4.69, 9.17) is 5.73 Å². The average molecular weight is 293 g/mol. The number of rotatable bonds is 4. The van der Waals surface area contributed by atoms with Gasteiger partial charge in [0.05, 0.1) is 11.4 Å². The molecule has 1 rings (SSSR count). The molecule has 1 aromatic rings. The van der Waals surface area contributed by atoms with Crippen molar-refractivity contribution in [1.82, 2.24) is 0 Å². The van der Waals surface area contributed by atoms with Gasteiger partial charge in [-0.2, -0.15) is 0 Å². The van der Waals surface area contributed by atoms with Crippen molar-refractivity contribution >= 4 is 31.6 Å². The van der Waals surface area contributed by atoms with Crippen molar-refractivity contribution in [3.63, 3.8) is 0 Å². The molecule has 3 N–H and O–H groups in total. The Morgan fingerprint density at radius 3 is 2.73 bits per heavy atom. The zero-order chi connectivity index (χ0) is 11.5. The summed E-state index contributed by atoms with van der Waals surface area (Å²) < 4.78 is 26.2. The van der Waals surface area contributed by atoms with Crippen molar-refractivity contribution < 1.29 is 8.42 Å². The molecule has 0 heterocycles. The molecule has 0 spiro atoms. The van der Waals surface area contributed by atoms with Crippen LogP contribution in [0.15, 0.2) is 22.7 Å². The number of hydrogen-bond donors (Lipinski definition) is 2. The minimum Gasteiger partial charge on any atom is -0.329 e. The lowest BCUT2D eigenvalue weighted by atomic mass is 10.2. The van der Waals surface area contributed by atoms with E-state index in [1.165, 1.54) is 0 Å². The maximum absolute atomic E-state index is 11.5. The molecule has 0 aliphatic carbocycles. The molecule has 0 fully saturated rings. The highest BCUT2D eigenvalue weighted by molar-refractivity contribution is 9.10. The third-order valence-electron chi connectivity index (χ3n) is 1.85. The molecule has 1 aromatic carbocycles. The summed E-state index contributed by atoms with van der Waals surface area (Å²) in [5.41, 5.74) is 6.66. The normalized spacial score (nSPS) is 11.4. The Morgan fingerprint density at radius 1 is 1.47 bits per heavy atom. The number of aryl methyl sites for hydroxylation is 1. The topological polar surface area (TPSA) is 72.2 Å². The lowest BCUT2D eigenvalue weighted by Gasteiger charge is -2.09. The summed E-state index contributed by atoms with van der Waals surface area (Å²) in [6, 6.07) is 5.42. The molecule has 0 amide bonds. The highest BCUT2D eigenvalue weighted by Gasteiger charge is 2.10. The molecule has 0 unspecified atom stereocenters. The molecule has 84 valence electrons. The first-order valence-corrected chi connectivity index (χ1v) is 6.86. The Balaban J connectivity index is 2.94. The third kappa shape index (κ3) is 3.81. The number of nitrogens with two attached hydrogens (primary N) is 1. The van der Waals surface area contributed by atoms with Gasteiger partial charge in [0.15, 0.2) is 0 Å². The molecular weight excluding hydrogens is 280 g/mol. The predicted molar refractivity (Wildman–Crippen MR) is 65.3 cm³/mol. The molecule has 0 saturated heterocycles. The van der Waals surface area contributed by atoms with Crippen LogP contribution in [0.4, 0.5) is 5.69 Å². The quantitative estimate of drug-likeness (QED) is 0.882. The van der Waals surface area contributed by atoms with Gasteiger partial charge in [0.1, 0.15) is 0 Å². The van der Waals surface area contributed by atoms with Crippen LogP contribution in [0.25, 0.3) is 0 Å². The van der Waals surface area contributed by atoms with Gasteiger partial charge in [-0.25, -0.2) is 8.42 Å². The molecule has 0 saturated carbocycles. The number of halogens is 1. The highest BCUT2D eigenvalue weighted by Crippen LogP contribution is 2.21. The van der Waals surface area contributed by atoms with E-state index in [1.807, 2.05) is 19.1 Å². The second kappa shape index (κ2) is 4.96. The van der Waals surface area contributed by atoms with Crippen LogP contribution in [-0.4, -0.2) is 20.7 Å². The molecule has 0 aromatic heterocycles. The van der Waals surface area contributed by atoms with Crippen molar-refractivity contribution in [2.45, 2.75) is 6.92 Å². The van der Waals surface area contributed by atoms with Gasteiger partial charge in [-0.1, -0.05) is 22.0 Å². The van der Waals surface area contributed by atoms with Gasteiger partial charge in [-0.3, -0.25) is 4.72 Å². The van der Waals surface area contributed by atoms with E-state index in [2.05, 4.69) is 20.7 Å². The van der Waals surface area contributed by atoms with Crippen LogP contribution in [0.5, 0.6) is 0 Å². The Labute approximate surface area is 98.0 Å². The van der Waals surface area contributed by atoms with Gasteiger partial charge in [0.2, 0.25) is 10.0 Å². The summed E-state index contributed by atoms with van der Waals surface area (Å²) in [6.45, 7) is 1.95. The molecule has 4 nitrogen and oxygen atoms in total. The predicted octanol–water partition coefficient (Wildman–Crippen LogP) is 1.46. The molecule has 6 heteroatoms. The third-order valence-corrected chi connectivity index (χ3v) is 3.65. The summed E-state index contributed by atoms with van der Waals surface area (Å²) in [6.07, 6.45) is 0. The first-order valence-electron chi connectivity index (χ1n) is 4.41. The minimum absolute atomic E-state index is 0.0705. The fourth-order valence-electron chi connectivity index (χ4n) is 1.08. The summed E-state index contributed by atoms with van der Waals surface area (Å²) in [5, 5.41) is 0. The molecule has 0 atom stereocenters. The van der Waals surface area contributed by atoms with E-state index in [0.717, 1.165) is 10.0 Å². The number of hydrogen-bond acceptors (Lipinski definition) is 3. The van der Waals surface area contributed by atoms with E-state index < -0.39 is 10.0 Å². The standard InChI is InChI=1S/C9H13BrN2O2S/c1-7-2-3-8(10)6-9(7)12-15(13,14)5-4-11/h2-3,6,12H,4-5,11H2,1H3. The van der Waals surface area contributed by atoms with Crippen molar-refractivity contribution in [1.29, 1.82) is 0 Å². The second-order valence-electron chi connectivity index (χ2n) is 3.17. The zero-order valence-corrected chi connectivity index (χ0v) is 10.7. The number of anilines is 1.